The number of carbonyl (C=O) groups is 1. The third-order valence-electron chi connectivity index (χ3n) is 2.02. The Morgan fingerprint density at radius 1 is 1.50 bits per heavy atom. The normalized spacial score (nSPS) is 9.57. The van der Waals surface area contributed by atoms with Crippen LogP contribution < -0.4 is 5.32 Å². The molecule has 0 radical (unpaired) electrons. The molecule has 0 spiro atoms. The number of hydrogen-bond donors (Lipinski definition) is 1. The number of rotatable bonds is 4. The molecule has 0 aromatic carbocycles. The van der Waals surface area contributed by atoms with E-state index in [1.54, 1.807) is 24.3 Å². The number of anilines is 1. The van der Waals surface area contributed by atoms with Gasteiger partial charge in [-0.2, -0.15) is 0 Å². The summed E-state index contributed by atoms with van der Waals surface area (Å²) in [7, 11) is 1.79. The molecule has 1 aromatic heterocycles. The number of nitrogens with one attached hydrogen (secondary N) is 1. The van der Waals surface area contributed by atoms with Crippen LogP contribution >= 0.6 is 0 Å². The van der Waals surface area contributed by atoms with Gasteiger partial charge in [-0.25, -0.2) is 0 Å². The van der Waals surface area contributed by atoms with Crippen molar-refractivity contribution in [2.75, 3.05) is 25.5 Å². The molecule has 0 unspecified atom stereocenters. The molecule has 1 rings (SSSR count). The molecule has 4 nitrogen and oxygen atoms in total. The zero-order valence-corrected chi connectivity index (χ0v) is 8.53. The van der Waals surface area contributed by atoms with Gasteiger partial charge in [0.05, 0.1) is 6.54 Å². The monoisotopic (exact) mass is 193 g/mol. The predicted octanol–water partition coefficient (Wildman–Crippen LogP) is 0.972. The summed E-state index contributed by atoms with van der Waals surface area (Å²) in [5.41, 5.74) is 0.915. The second-order valence-electron chi connectivity index (χ2n) is 3.00. The highest BCUT2D eigenvalue weighted by molar-refractivity contribution is 5.80. The highest BCUT2D eigenvalue weighted by atomic mass is 16.2. The fourth-order valence-electron chi connectivity index (χ4n) is 0.959. The third kappa shape index (κ3) is 3.05. The van der Waals surface area contributed by atoms with Crippen LogP contribution in [0.4, 0.5) is 5.69 Å². The Morgan fingerprint density at radius 3 is 2.71 bits per heavy atom. The van der Waals surface area contributed by atoms with Crippen LogP contribution in [0.3, 0.4) is 0 Å². The maximum Gasteiger partial charge on any atom is 0.241 e. The van der Waals surface area contributed by atoms with E-state index in [9.17, 15) is 4.79 Å². The van der Waals surface area contributed by atoms with Gasteiger partial charge in [-0.3, -0.25) is 9.78 Å². The van der Waals surface area contributed by atoms with E-state index in [2.05, 4.69) is 10.3 Å². The summed E-state index contributed by atoms with van der Waals surface area (Å²) in [6, 6.07) is 3.67. The van der Waals surface area contributed by atoms with E-state index >= 15 is 0 Å². The van der Waals surface area contributed by atoms with E-state index in [0.29, 0.717) is 6.54 Å². The van der Waals surface area contributed by atoms with Gasteiger partial charge in [-0.05, 0) is 19.1 Å². The quantitative estimate of drug-likeness (QED) is 0.775. The third-order valence-corrected chi connectivity index (χ3v) is 2.02. The minimum Gasteiger partial charge on any atom is -0.376 e. The molecule has 0 bridgehead atoms. The van der Waals surface area contributed by atoms with Gasteiger partial charge in [-0.1, -0.05) is 0 Å². The van der Waals surface area contributed by atoms with E-state index < -0.39 is 0 Å². The fourth-order valence-corrected chi connectivity index (χ4v) is 0.959. The van der Waals surface area contributed by atoms with Crippen LogP contribution in [0.25, 0.3) is 0 Å². The predicted molar refractivity (Wildman–Crippen MR) is 56.0 cm³/mol. The van der Waals surface area contributed by atoms with E-state index in [-0.39, 0.29) is 5.91 Å². The van der Waals surface area contributed by atoms with Crippen molar-refractivity contribution in [2.45, 2.75) is 6.92 Å². The van der Waals surface area contributed by atoms with Crippen LogP contribution in [-0.2, 0) is 4.79 Å². The van der Waals surface area contributed by atoms with Gasteiger partial charge in [0.2, 0.25) is 5.91 Å². The zero-order chi connectivity index (χ0) is 10.4. The molecule has 4 heteroatoms. The number of hydrogen-bond acceptors (Lipinski definition) is 3. The number of amides is 1. The topological polar surface area (TPSA) is 45.2 Å². The van der Waals surface area contributed by atoms with Crippen LogP contribution in [0.5, 0.6) is 0 Å². The molecule has 1 aromatic rings. The zero-order valence-electron chi connectivity index (χ0n) is 8.53. The molecule has 0 fully saturated rings. The maximum atomic E-state index is 11.4. The first-order valence-corrected chi connectivity index (χ1v) is 4.62. The first-order chi connectivity index (χ1) is 6.74. The molecule has 0 saturated carbocycles. The second kappa shape index (κ2) is 5.21. The lowest BCUT2D eigenvalue weighted by atomic mass is 10.4. The van der Waals surface area contributed by atoms with Gasteiger partial charge < -0.3 is 10.2 Å². The van der Waals surface area contributed by atoms with Crippen molar-refractivity contribution in [1.82, 2.24) is 9.88 Å². The van der Waals surface area contributed by atoms with Crippen molar-refractivity contribution in [2.24, 2.45) is 0 Å². The van der Waals surface area contributed by atoms with Crippen molar-refractivity contribution in [3.63, 3.8) is 0 Å². The molecule has 1 amide bonds. The second-order valence-corrected chi connectivity index (χ2v) is 3.00. The van der Waals surface area contributed by atoms with Crippen LogP contribution in [0.1, 0.15) is 6.92 Å². The SMILES string of the molecule is CCN(C)C(=O)CNc1ccncc1. The minimum absolute atomic E-state index is 0.0873. The number of pyridine rings is 1. The first kappa shape index (κ1) is 10.5. The smallest absolute Gasteiger partial charge is 0.241 e. The highest BCUT2D eigenvalue weighted by Gasteiger charge is 2.04. The molecule has 0 atom stereocenters. The summed E-state index contributed by atoms with van der Waals surface area (Å²) in [6.45, 7) is 3.01. The van der Waals surface area contributed by atoms with Gasteiger partial charge >= 0.3 is 0 Å². The van der Waals surface area contributed by atoms with E-state index in [1.807, 2.05) is 19.1 Å². The Labute approximate surface area is 83.9 Å². The van der Waals surface area contributed by atoms with E-state index in [0.717, 1.165) is 12.2 Å². The summed E-state index contributed by atoms with van der Waals surface area (Å²) < 4.78 is 0. The number of likely N-dealkylation sites (N-methyl/N-ethyl adjacent to an activating group) is 1. The van der Waals surface area contributed by atoms with Crippen LogP contribution in [0.2, 0.25) is 0 Å². The van der Waals surface area contributed by atoms with Gasteiger partial charge in [0.1, 0.15) is 0 Å². The summed E-state index contributed by atoms with van der Waals surface area (Å²) in [4.78, 5) is 17.0. The maximum absolute atomic E-state index is 11.4. The molecule has 1 N–H and O–H groups in total. The molecule has 76 valence electrons. The molecule has 0 saturated heterocycles. The Morgan fingerprint density at radius 2 is 2.14 bits per heavy atom. The van der Waals surface area contributed by atoms with Gasteiger partial charge in [0.25, 0.3) is 0 Å². The fraction of sp³-hybridized carbons (Fsp3) is 0.400. The average Bonchev–Trinajstić information content (AvgIpc) is 2.26. The lowest BCUT2D eigenvalue weighted by Crippen LogP contribution is -2.31. The Balaban J connectivity index is 2.38. The molecular formula is C10H15N3O. The Hall–Kier alpha value is -1.58. The van der Waals surface area contributed by atoms with Crippen LogP contribution in [-0.4, -0.2) is 35.9 Å². The van der Waals surface area contributed by atoms with Crippen LogP contribution in [0, 0.1) is 0 Å². The number of aromatic nitrogens is 1. The Kier molecular flexibility index (Phi) is 3.91. The van der Waals surface area contributed by atoms with E-state index in [1.165, 1.54) is 0 Å². The van der Waals surface area contributed by atoms with Crippen molar-refractivity contribution >= 4 is 11.6 Å². The molecule has 0 aliphatic carbocycles. The standard InChI is InChI=1S/C10H15N3O/c1-3-13(2)10(14)8-12-9-4-6-11-7-5-9/h4-7H,3,8H2,1-2H3,(H,11,12). The highest BCUT2D eigenvalue weighted by Crippen LogP contribution is 2.02. The Bertz CT molecular complexity index is 287. The average molecular weight is 193 g/mol. The van der Waals surface area contributed by atoms with Gasteiger partial charge in [0.15, 0.2) is 0 Å². The van der Waals surface area contributed by atoms with Crippen molar-refractivity contribution in [1.29, 1.82) is 0 Å². The molecular weight excluding hydrogens is 178 g/mol. The lowest BCUT2D eigenvalue weighted by molar-refractivity contribution is -0.127. The van der Waals surface area contributed by atoms with Crippen molar-refractivity contribution < 1.29 is 4.79 Å². The molecule has 1 heterocycles. The summed E-state index contributed by atoms with van der Waals surface area (Å²) in [5, 5.41) is 3.03. The number of carbonyl (C=O) groups excluding carboxylic acids is 1. The van der Waals surface area contributed by atoms with Gasteiger partial charge in [0, 0.05) is 31.7 Å². The van der Waals surface area contributed by atoms with Gasteiger partial charge in [-0.15, -0.1) is 0 Å². The van der Waals surface area contributed by atoms with E-state index in [4.69, 9.17) is 0 Å². The first-order valence-electron chi connectivity index (χ1n) is 4.62. The van der Waals surface area contributed by atoms with Crippen molar-refractivity contribution in [3.8, 4) is 0 Å². The molecule has 0 aliphatic heterocycles. The lowest BCUT2D eigenvalue weighted by Gasteiger charge is -2.14. The van der Waals surface area contributed by atoms with Crippen molar-refractivity contribution in [3.05, 3.63) is 24.5 Å². The van der Waals surface area contributed by atoms with Crippen LogP contribution in [0.15, 0.2) is 24.5 Å². The summed E-state index contributed by atoms with van der Waals surface area (Å²) in [5.74, 6) is 0.0873. The molecule has 0 aliphatic rings. The largest absolute Gasteiger partial charge is 0.376 e. The summed E-state index contributed by atoms with van der Waals surface area (Å²) in [6.07, 6.45) is 3.38. The number of nitrogens with zero attached hydrogens (tertiary/aromatic N) is 2. The molecule has 14 heavy (non-hydrogen) atoms. The summed E-state index contributed by atoms with van der Waals surface area (Å²) >= 11 is 0. The minimum atomic E-state index is 0.0873.